The molecule has 1 aliphatic heterocycles. The third kappa shape index (κ3) is 3.07. The van der Waals surface area contributed by atoms with E-state index in [2.05, 4.69) is 5.10 Å². The first-order valence-corrected chi connectivity index (χ1v) is 7.88. The predicted octanol–water partition coefficient (Wildman–Crippen LogP) is 0.987. The van der Waals surface area contributed by atoms with Crippen molar-refractivity contribution in [1.82, 2.24) is 14.7 Å². The minimum Gasteiger partial charge on any atom is -0.368 e. The molecule has 0 unspecified atom stereocenters. The summed E-state index contributed by atoms with van der Waals surface area (Å²) in [6, 6.07) is 6.66. The fourth-order valence-corrected chi connectivity index (χ4v) is 3.11. The molecule has 1 aromatic carbocycles. The molecule has 0 spiro atoms. The minimum atomic E-state index is -0.660. The van der Waals surface area contributed by atoms with Gasteiger partial charge in [-0.3, -0.25) is 14.5 Å². The Kier molecular flexibility index (Phi) is 4.44. The van der Waals surface area contributed by atoms with Gasteiger partial charge in [0, 0.05) is 32.1 Å². The van der Waals surface area contributed by atoms with E-state index >= 15 is 0 Å². The van der Waals surface area contributed by atoms with E-state index in [1.807, 2.05) is 11.8 Å². The monoisotopic (exact) mass is 330 g/mol. The van der Waals surface area contributed by atoms with E-state index < -0.39 is 11.9 Å². The van der Waals surface area contributed by atoms with E-state index in [4.69, 9.17) is 5.73 Å². The Morgan fingerprint density at radius 2 is 2.08 bits per heavy atom. The first-order valence-electron chi connectivity index (χ1n) is 7.88. The van der Waals surface area contributed by atoms with Crippen LogP contribution in [0.2, 0.25) is 0 Å². The summed E-state index contributed by atoms with van der Waals surface area (Å²) in [5.41, 5.74) is 7.74. The molecule has 0 aliphatic carbocycles. The van der Waals surface area contributed by atoms with Crippen molar-refractivity contribution in [1.29, 1.82) is 0 Å². The first kappa shape index (κ1) is 16.3. The number of hydrogen-bond acceptors (Lipinski definition) is 4. The lowest BCUT2D eigenvalue weighted by Gasteiger charge is -2.33. The van der Waals surface area contributed by atoms with Crippen LogP contribution in [0.1, 0.15) is 29.8 Å². The highest BCUT2D eigenvalue weighted by Gasteiger charge is 2.29. The second-order valence-electron chi connectivity index (χ2n) is 5.85. The lowest BCUT2D eigenvalue weighted by molar-refractivity contribution is -0.123. The Hall–Kier alpha value is -2.54. The third-order valence-corrected chi connectivity index (χ3v) is 4.29. The lowest BCUT2D eigenvalue weighted by atomic mass is 9.99. The number of fused-ring (bicyclic) bond motifs is 1. The average Bonchev–Trinajstić information content (AvgIpc) is 2.56. The van der Waals surface area contributed by atoms with Crippen molar-refractivity contribution in [2.45, 2.75) is 32.5 Å². The predicted molar refractivity (Wildman–Crippen MR) is 86.6 cm³/mol. The van der Waals surface area contributed by atoms with Crippen molar-refractivity contribution in [2.75, 3.05) is 6.54 Å². The highest BCUT2D eigenvalue weighted by atomic mass is 19.1. The Bertz CT molecular complexity index is 816. The maximum atomic E-state index is 13.1. The summed E-state index contributed by atoms with van der Waals surface area (Å²) in [4.78, 5) is 25.9. The molecule has 1 atom stereocenters. The van der Waals surface area contributed by atoms with Crippen LogP contribution in [0.15, 0.2) is 35.1 Å². The van der Waals surface area contributed by atoms with Crippen molar-refractivity contribution >= 4 is 5.91 Å². The highest BCUT2D eigenvalue weighted by Crippen LogP contribution is 2.26. The Morgan fingerprint density at radius 1 is 1.38 bits per heavy atom. The van der Waals surface area contributed by atoms with Gasteiger partial charge in [-0.15, -0.1) is 0 Å². The number of aromatic nitrogens is 2. The molecule has 3 rings (SSSR count). The summed E-state index contributed by atoms with van der Waals surface area (Å²) < 4.78 is 14.6. The average molecular weight is 330 g/mol. The summed E-state index contributed by atoms with van der Waals surface area (Å²) in [5.74, 6) is -0.866. The van der Waals surface area contributed by atoms with Crippen LogP contribution >= 0.6 is 0 Å². The maximum Gasteiger partial charge on any atom is 0.267 e. The number of benzene rings is 1. The van der Waals surface area contributed by atoms with Crippen molar-refractivity contribution in [3.63, 3.8) is 0 Å². The second-order valence-corrected chi connectivity index (χ2v) is 5.85. The maximum absolute atomic E-state index is 13.1. The van der Waals surface area contributed by atoms with Crippen molar-refractivity contribution in [2.24, 2.45) is 5.73 Å². The largest absolute Gasteiger partial charge is 0.368 e. The quantitative estimate of drug-likeness (QED) is 0.906. The van der Waals surface area contributed by atoms with Crippen molar-refractivity contribution < 1.29 is 9.18 Å². The van der Waals surface area contributed by atoms with Gasteiger partial charge in [0.2, 0.25) is 5.91 Å². The van der Waals surface area contributed by atoms with E-state index in [1.54, 1.807) is 18.2 Å². The number of primary amides is 1. The fraction of sp³-hybridized carbons (Fsp3) is 0.353. The van der Waals surface area contributed by atoms with Gasteiger partial charge in [0.1, 0.15) is 11.9 Å². The van der Waals surface area contributed by atoms with Crippen LogP contribution in [0.3, 0.4) is 0 Å². The molecular formula is C17H19FN4O2. The minimum absolute atomic E-state index is 0.157. The molecule has 0 bridgehead atoms. The van der Waals surface area contributed by atoms with Gasteiger partial charge >= 0.3 is 0 Å². The van der Waals surface area contributed by atoms with E-state index in [-0.39, 0.29) is 11.4 Å². The first-order chi connectivity index (χ1) is 11.5. The number of aryl methyl sites for hydroxylation is 1. The Balaban J connectivity index is 1.92. The number of halogens is 1. The molecule has 2 aromatic rings. The highest BCUT2D eigenvalue weighted by molar-refractivity contribution is 5.81. The van der Waals surface area contributed by atoms with Gasteiger partial charge in [-0.05, 0) is 30.2 Å². The van der Waals surface area contributed by atoms with Crippen LogP contribution in [0.25, 0.3) is 0 Å². The van der Waals surface area contributed by atoms with Gasteiger partial charge in [0.25, 0.3) is 5.56 Å². The normalized spacial score (nSPS) is 15.8. The number of carbonyl (C=O) groups excluding carboxylic acids is 1. The smallest absolute Gasteiger partial charge is 0.267 e. The zero-order chi connectivity index (χ0) is 17.3. The molecule has 1 amide bonds. The Labute approximate surface area is 138 Å². The molecule has 2 heterocycles. The van der Waals surface area contributed by atoms with E-state index in [9.17, 15) is 14.0 Å². The lowest BCUT2D eigenvalue weighted by Crippen LogP contribution is -2.42. The summed E-state index contributed by atoms with van der Waals surface area (Å²) >= 11 is 0. The summed E-state index contributed by atoms with van der Waals surface area (Å²) in [6.07, 6.45) is 0.626. The topological polar surface area (TPSA) is 81.2 Å². The molecule has 6 nitrogen and oxygen atoms in total. The van der Waals surface area contributed by atoms with Gasteiger partial charge in [-0.2, -0.15) is 5.10 Å². The zero-order valence-corrected chi connectivity index (χ0v) is 13.4. The van der Waals surface area contributed by atoms with Crippen LogP contribution in [-0.4, -0.2) is 27.1 Å². The summed E-state index contributed by atoms with van der Waals surface area (Å²) in [6.45, 7) is 3.39. The number of nitrogens with zero attached hydrogens (tertiary/aromatic N) is 3. The number of rotatable bonds is 4. The number of hydrogen-bond donors (Lipinski definition) is 1. The molecular weight excluding hydrogens is 311 g/mol. The van der Waals surface area contributed by atoms with Crippen molar-refractivity contribution in [3.05, 3.63) is 63.3 Å². The van der Waals surface area contributed by atoms with Crippen molar-refractivity contribution in [3.8, 4) is 0 Å². The molecule has 2 N–H and O–H groups in total. The van der Waals surface area contributed by atoms with Gasteiger partial charge in [-0.1, -0.05) is 12.1 Å². The number of amides is 1. The van der Waals surface area contributed by atoms with Gasteiger partial charge in [0.05, 0.1) is 5.69 Å². The van der Waals surface area contributed by atoms with Crippen LogP contribution in [0.5, 0.6) is 0 Å². The third-order valence-electron chi connectivity index (χ3n) is 4.29. The molecule has 0 saturated carbocycles. The standard InChI is InChI=1S/C17H19FN4O2/c1-2-22-15(23)9-12-10-21(8-7-14(12)20-22)16(17(19)24)11-3-5-13(18)6-4-11/h3-6,9,16H,2,7-8,10H2,1H3,(H2,19,24)/t16-/m1/s1. The molecule has 7 heteroatoms. The van der Waals surface area contributed by atoms with E-state index in [0.717, 1.165) is 11.3 Å². The Morgan fingerprint density at radius 3 is 2.71 bits per heavy atom. The van der Waals surface area contributed by atoms with E-state index in [1.165, 1.54) is 16.8 Å². The van der Waals surface area contributed by atoms with E-state index in [0.29, 0.717) is 31.6 Å². The number of nitrogens with two attached hydrogens (primary N) is 1. The zero-order valence-electron chi connectivity index (χ0n) is 13.4. The SMILES string of the molecule is CCn1nc2c(cc1=O)CN([C@@H](C(N)=O)c1ccc(F)cc1)CC2. The molecule has 0 radical (unpaired) electrons. The molecule has 126 valence electrons. The fourth-order valence-electron chi connectivity index (χ4n) is 3.11. The van der Waals surface area contributed by atoms with Crippen LogP contribution in [0.4, 0.5) is 4.39 Å². The summed E-state index contributed by atoms with van der Waals surface area (Å²) in [5, 5.41) is 4.37. The van der Waals surface area contributed by atoms with Gasteiger partial charge in [0.15, 0.2) is 0 Å². The molecule has 1 aliphatic rings. The van der Waals surface area contributed by atoms with Crippen LogP contribution < -0.4 is 11.3 Å². The molecule has 1 aromatic heterocycles. The van der Waals surface area contributed by atoms with Crippen LogP contribution in [-0.2, 0) is 24.3 Å². The van der Waals surface area contributed by atoms with Gasteiger partial charge in [-0.25, -0.2) is 9.07 Å². The molecule has 24 heavy (non-hydrogen) atoms. The van der Waals surface area contributed by atoms with Crippen LogP contribution in [0, 0.1) is 5.82 Å². The second kappa shape index (κ2) is 6.52. The van der Waals surface area contributed by atoms with Gasteiger partial charge < -0.3 is 5.73 Å². The number of carbonyl (C=O) groups is 1. The molecule has 0 fully saturated rings. The molecule has 0 saturated heterocycles. The summed E-state index contributed by atoms with van der Waals surface area (Å²) in [7, 11) is 0.